The largest absolute Gasteiger partial charge is 0.479 e. The van der Waals surface area contributed by atoms with Crippen LogP contribution in [0, 0.1) is 0 Å². The van der Waals surface area contributed by atoms with Crippen molar-refractivity contribution in [3.05, 3.63) is 0 Å². The van der Waals surface area contributed by atoms with Gasteiger partial charge in [-0.2, -0.15) is 0 Å². The number of carbonyl (C=O) groups is 2. The maximum absolute atomic E-state index is 11.4. The standard InChI is InChI=1S/C11H19NO5/c1-10(2,3)17-9(15)12-7-5-11(6-7,16-4)8(13)14/h7H,5-6H2,1-4H3,(H,12,15)(H,13,14). The number of ether oxygens (including phenoxy) is 2. The predicted molar refractivity (Wildman–Crippen MR) is 59.8 cm³/mol. The van der Waals surface area contributed by atoms with E-state index >= 15 is 0 Å². The van der Waals surface area contributed by atoms with Crippen molar-refractivity contribution in [2.75, 3.05) is 7.11 Å². The van der Waals surface area contributed by atoms with E-state index in [9.17, 15) is 9.59 Å². The third kappa shape index (κ3) is 3.33. The highest BCUT2D eigenvalue weighted by Gasteiger charge is 2.51. The Kier molecular flexibility index (Phi) is 3.66. The smallest absolute Gasteiger partial charge is 0.407 e. The average Bonchev–Trinajstić information content (AvgIpc) is 2.06. The zero-order chi connectivity index (χ0) is 13.3. The van der Waals surface area contributed by atoms with Crippen molar-refractivity contribution in [1.82, 2.24) is 5.32 Å². The van der Waals surface area contributed by atoms with Gasteiger partial charge in [0, 0.05) is 26.0 Å². The number of alkyl carbamates (subject to hydrolysis) is 1. The topological polar surface area (TPSA) is 84.9 Å². The van der Waals surface area contributed by atoms with Crippen LogP contribution in [-0.4, -0.2) is 41.5 Å². The highest BCUT2D eigenvalue weighted by molar-refractivity contribution is 5.80. The fourth-order valence-corrected chi connectivity index (χ4v) is 1.74. The molecule has 0 aromatic carbocycles. The summed E-state index contributed by atoms with van der Waals surface area (Å²) in [4.78, 5) is 22.3. The van der Waals surface area contributed by atoms with Crippen molar-refractivity contribution >= 4 is 12.1 Å². The molecule has 0 bridgehead atoms. The number of methoxy groups -OCH3 is 1. The van der Waals surface area contributed by atoms with Gasteiger partial charge in [-0.05, 0) is 20.8 Å². The van der Waals surface area contributed by atoms with Crippen LogP contribution in [0.25, 0.3) is 0 Å². The van der Waals surface area contributed by atoms with Gasteiger partial charge in [0.2, 0.25) is 0 Å². The molecule has 6 nitrogen and oxygen atoms in total. The third-order valence-corrected chi connectivity index (χ3v) is 2.65. The molecule has 0 aromatic heterocycles. The highest BCUT2D eigenvalue weighted by Crippen LogP contribution is 2.35. The monoisotopic (exact) mass is 245 g/mol. The first-order chi connectivity index (χ1) is 7.68. The highest BCUT2D eigenvalue weighted by atomic mass is 16.6. The molecule has 0 unspecified atom stereocenters. The van der Waals surface area contributed by atoms with Crippen LogP contribution in [0.2, 0.25) is 0 Å². The molecule has 1 amide bonds. The summed E-state index contributed by atoms with van der Waals surface area (Å²) in [5, 5.41) is 11.6. The summed E-state index contributed by atoms with van der Waals surface area (Å²) in [6, 6.07) is -0.208. The van der Waals surface area contributed by atoms with Crippen LogP contribution in [0.4, 0.5) is 4.79 Å². The maximum Gasteiger partial charge on any atom is 0.407 e. The molecule has 6 heteroatoms. The van der Waals surface area contributed by atoms with E-state index in [0.29, 0.717) is 0 Å². The number of nitrogens with one attached hydrogen (secondary N) is 1. The predicted octanol–water partition coefficient (Wildman–Crippen LogP) is 1.14. The number of carboxylic acids is 1. The van der Waals surface area contributed by atoms with Gasteiger partial charge >= 0.3 is 12.1 Å². The van der Waals surface area contributed by atoms with Crippen LogP contribution in [0.5, 0.6) is 0 Å². The molecule has 1 aliphatic carbocycles. The average molecular weight is 245 g/mol. The first kappa shape index (κ1) is 13.8. The van der Waals surface area contributed by atoms with Gasteiger partial charge in [0.25, 0.3) is 0 Å². The summed E-state index contributed by atoms with van der Waals surface area (Å²) in [7, 11) is 1.36. The summed E-state index contributed by atoms with van der Waals surface area (Å²) >= 11 is 0. The number of carbonyl (C=O) groups excluding carboxylic acids is 1. The first-order valence-corrected chi connectivity index (χ1v) is 5.46. The minimum atomic E-state index is -1.15. The molecule has 2 N–H and O–H groups in total. The van der Waals surface area contributed by atoms with Gasteiger partial charge < -0.3 is 19.9 Å². The third-order valence-electron chi connectivity index (χ3n) is 2.65. The summed E-state index contributed by atoms with van der Waals surface area (Å²) in [6.07, 6.45) is -0.00605. The number of hydrogen-bond donors (Lipinski definition) is 2. The summed E-state index contributed by atoms with van der Waals surface area (Å²) in [5.41, 5.74) is -1.71. The molecule has 0 spiro atoms. The van der Waals surface area contributed by atoms with E-state index in [4.69, 9.17) is 14.6 Å². The number of hydrogen-bond acceptors (Lipinski definition) is 4. The summed E-state index contributed by atoms with van der Waals surface area (Å²) < 4.78 is 10.0. The Morgan fingerprint density at radius 3 is 2.24 bits per heavy atom. The molecule has 0 aromatic rings. The van der Waals surface area contributed by atoms with Crippen molar-refractivity contribution in [3.63, 3.8) is 0 Å². The van der Waals surface area contributed by atoms with Gasteiger partial charge in [-0.1, -0.05) is 0 Å². The second kappa shape index (κ2) is 4.52. The molecular formula is C11H19NO5. The van der Waals surface area contributed by atoms with E-state index in [-0.39, 0.29) is 18.9 Å². The minimum Gasteiger partial charge on any atom is -0.479 e. The van der Waals surface area contributed by atoms with Crippen molar-refractivity contribution in [2.45, 2.75) is 50.9 Å². The van der Waals surface area contributed by atoms with Crippen LogP contribution in [0.3, 0.4) is 0 Å². The molecule has 0 heterocycles. The molecule has 0 radical (unpaired) electrons. The first-order valence-electron chi connectivity index (χ1n) is 5.46. The fraction of sp³-hybridized carbons (Fsp3) is 0.818. The molecule has 0 aliphatic heterocycles. The van der Waals surface area contributed by atoms with Crippen molar-refractivity contribution in [3.8, 4) is 0 Å². The normalized spacial score (nSPS) is 28.1. The molecule has 1 saturated carbocycles. The van der Waals surface area contributed by atoms with Crippen LogP contribution in [0.1, 0.15) is 33.6 Å². The Labute approximate surface area is 100 Å². The minimum absolute atomic E-state index is 0.208. The van der Waals surface area contributed by atoms with Gasteiger partial charge in [-0.25, -0.2) is 9.59 Å². The summed E-state index contributed by atoms with van der Waals surface area (Å²) in [6.45, 7) is 5.30. The second-order valence-corrected chi connectivity index (χ2v) is 5.25. The van der Waals surface area contributed by atoms with Gasteiger partial charge in [0.15, 0.2) is 5.60 Å². The fourth-order valence-electron chi connectivity index (χ4n) is 1.74. The Morgan fingerprint density at radius 1 is 1.35 bits per heavy atom. The molecule has 98 valence electrons. The maximum atomic E-state index is 11.4. The zero-order valence-corrected chi connectivity index (χ0v) is 10.6. The molecule has 1 aliphatic rings. The zero-order valence-electron chi connectivity index (χ0n) is 10.6. The van der Waals surface area contributed by atoms with E-state index < -0.39 is 23.3 Å². The molecule has 0 atom stereocenters. The van der Waals surface area contributed by atoms with E-state index in [1.807, 2.05) is 0 Å². The van der Waals surface area contributed by atoms with Crippen molar-refractivity contribution in [1.29, 1.82) is 0 Å². The van der Waals surface area contributed by atoms with Crippen LogP contribution >= 0.6 is 0 Å². The Balaban J connectivity index is 2.39. The van der Waals surface area contributed by atoms with Gasteiger partial charge in [0.05, 0.1) is 0 Å². The van der Waals surface area contributed by atoms with Crippen LogP contribution in [0.15, 0.2) is 0 Å². The van der Waals surface area contributed by atoms with Crippen molar-refractivity contribution in [2.24, 2.45) is 0 Å². The molecular weight excluding hydrogens is 226 g/mol. The lowest BCUT2D eigenvalue weighted by atomic mass is 9.75. The van der Waals surface area contributed by atoms with E-state index in [2.05, 4.69) is 5.32 Å². The molecule has 0 saturated heterocycles. The lowest BCUT2D eigenvalue weighted by molar-refractivity contribution is -0.176. The van der Waals surface area contributed by atoms with E-state index in [1.54, 1.807) is 20.8 Å². The number of amides is 1. The second-order valence-electron chi connectivity index (χ2n) is 5.25. The van der Waals surface area contributed by atoms with Crippen LogP contribution in [-0.2, 0) is 14.3 Å². The Morgan fingerprint density at radius 2 is 1.88 bits per heavy atom. The quantitative estimate of drug-likeness (QED) is 0.779. The number of aliphatic carboxylic acids is 1. The molecule has 17 heavy (non-hydrogen) atoms. The van der Waals surface area contributed by atoms with E-state index in [1.165, 1.54) is 7.11 Å². The van der Waals surface area contributed by atoms with E-state index in [0.717, 1.165) is 0 Å². The van der Waals surface area contributed by atoms with Gasteiger partial charge in [0.1, 0.15) is 5.60 Å². The number of rotatable bonds is 3. The SMILES string of the molecule is COC1(C(=O)O)CC(NC(=O)OC(C)(C)C)C1. The Bertz CT molecular complexity index is 314. The summed E-state index contributed by atoms with van der Waals surface area (Å²) in [5.74, 6) is -0.998. The van der Waals surface area contributed by atoms with Crippen molar-refractivity contribution < 1.29 is 24.2 Å². The molecule has 1 rings (SSSR count). The number of carboxylic acid groups (broad SMARTS) is 1. The van der Waals surface area contributed by atoms with Gasteiger partial charge in [-0.3, -0.25) is 0 Å². The Hall–Kier alpha value is -1.30. The molecule has 1 fully saturated rings. The lowest BCUT2D eigenvalue weighted by Gasteiger charge is -2.43. The van der Waals surface area contributed by atoms with Crippen LogP contribution < -0.4 is 5.32 Å². The lowest BCUT2D eigenvalue weighted by Crippen LogP contribution is -2.60. The van der Waals surface area contributed by atoms with Gasteiger partial charge in [-0.15, -0.1) is 0 Å².